The molecule has 0 saturated carbocycles. The molecule has 0 aliphatic carbocycles. The summed E-state index contributed by atoms with van der Waals surface area (Å²) in [6, 6.07) is 12.1. The first kappa shape index (κ1) is 27.8. The number of nitrogens with zero attached hydrogens (tertiary/aromatic N) is 2. The van der Waals surface area contributed by atoms with Gasteiger partial charge in [-0.15, -0.1) is 0 Å². The molecule has 204 valence electrons. The SMILES string of the molecule is CCOC(=O)C1=C(C)N=c2s/c(=C\c3ccc(C)cc3)c(=O)n2[C@@H]1c1ccc(OCC(=O)OC)c(OCC)c1. The third kappa shape index (κ3) is 5.96. The Labute approximate surface area is 229 Å². The summed E-state index contributed by atoms with van der Waals surface area (Å²) in [7, 11) is 1.28. The minimum absolute atomic E-state index is 0.171. The summed E-state index contributed by atoms with van der Waals surface area (Å²) in [5.41, 5.74) is 3.05. The van der Waals surface area contributed by atoms with Crippen molar-refractivity contribution in [2.75, 3.05) is 26.9 Å². The third-order valence-corrected chi connectivity index (χ3v) is 7.03. The zero-order chi connectivity index (χ0) is 28.1. The number of benzene rings is 2. The number of methoxy groups -OCH3 is 1. The van der Waals surface area contributed by atoms with Gasteiger partial charge in [0.15, 0.2) is 22.9 Å². The number of allylic oxidation sites excluding steroid dienone is 1. The Kier molecular flexibility index (Phi) is 8.65. The summed E-state index contributed by atoms with van der Waals surface area (Å²) >= 11 is 1.26. The second kappa shape index (κ2) is 12.1. The fraction of sp³-hybridized carbons (Fsp3) is 0.310. The zero-order valence-corrected chi connectivity index (χ0v) is 23.3. The number of ether oxygens (including phenoxy) is 4. The van der Waals surface area contributed by atoms with Gasteiger partial charge in [0.1, 0.15) is 0 Å². The van der Waals surface area contributed by atoms with Crippen molar-refractivity contribution in [2.45, 2.75) is 33.7 Å². The minimum Gasteiger partial charge on any atom is -0.490 e. The maximum atomic E-state index is 13.8. The number of aromatic nitrogens is 1. The maximum absolute atomic E-state index is 13.8. The van der Waals surface area contributed by atoms with E-state index in [1.54, 1.807) is 32.0 Å². The van der Waals surface area contributed by atoms with Crippen molar-refractivity contribution in [2.24, 2.45) is 4.99 Å². The molecular formula is C29H30N2O7S. The van der Waals surface area contributed by atoms with Crippen LogP contribution in [-0.4, -0.2) is 43.4 Å². The van der Waals surface area contributed by atoms with E-state index in [0.29, 0.717) is 38.7 Å². The van der Waals surface area contributed by atoms with Crippen LogP contribution < -0.4 is 24.4 Å². The highest BCUT2D eigenvalue weighted by Gasteiger charge is 2.34. The lowest BCUT2D eigenvalue weighted by molar-refractivity contribution is -0.143. The first-order valence-corrected chi connectivity index (χ1v) is 13.3. The molecule has 2 aromatic carbocycles. The van der Waals surface area contributed by atoms with Crippen molar-refractivity contribution in [3.05, 3.63) is 90.1 Å². The van der Waals surface area contributed by atoms with E-state index in [-0.39, 0.29) is 24.3 Å². The smallest absolute Gasteiger partial charge is 0.343 e. The van der Waals surface area contributed by atoms with Crippen molar-refractivity contribution in [1.29, 1.82) is 0 Å². The topological polar surface area (TPSA) is 105 Å². The fourth-order valence-electron chi connectivity index (χ4n) is 4.20. The predicted molar refractivity (Wildman–Crippen MR) is 147 cm³/mol. The quantitative estimate of drug-likeness (QED) is 0.377. The standard InChI is InChI=1S/C29H30N2O7S/c1-6-36-22-15-20(12-13-21(22)38-16-24(32)35-5)26-25(28(34)37-7-2)18(4)30-29-31(26)27(33)23(39-29)14-19-10-8-17(3)9-11-19/h8-15,26H,6-7,16H2,1-5H3/b23-14-/t26-/m1/s1. The summed E-state index contributed by atoms with van der Waals surface area (Å²) in [6.45, 7) is 7.48. The summed E-state index contributed by atoms with van der Waals surface area (Å²) in [6.07, 6.45) is 1.82. The van der Waals surface area contributed by atoms with Crippen molar-refractivity contribution in [3.8, 4) is 11.5 Å². The van der Waals surface area contributed by atoms with Crippen LogP contribution in [0.2, 0.25) is 0 Å². The van der Waals surface area contributed by atoms with Gasteiger partial charge in [0, 0.05) is 0 Å². The molecule has 39 heavy (non-hydrogen) atoms. The number of carbonyl (C=O) groups is 2. The fourth-order valence-corrected chi connectivity index (χ4v) is 5.25. The van der Waals surface area contributed by atoms with Gasteiger partial charge in [0.05, 0.1) is 42.2 Å². The molecule has 0 N–H and O–H groups in total. The number of rotatable bonds is 9. The van der Waals surface area contributed by atoms with Gasteiger partial charge < -0.3 is 18.9 Å². The van der Waals surface area contributed by atoms with Gasteiger partial charge in [-0.25, -0.2) is 14.6 Å². The van der Waals surface area contributed by atoms with E-state index < -0.39 is 18.0 Å². The van der Waals surface area contributed by atoms with Gasteiger partial charge in [-0.2, -0.15) is 0 Å². The van der Waals surface area contributed by atoms with Crippen molar-refractivity contribution >= 4 is 29.4 Å². The zero-order valence-electron chi connectivity index (χ0n) is 22.5. The second-order valence-corrected chi connectivity index (χ2v) is 9.73. The molecule has 0 spiro atoms. The number of carbonyl (C=O) groups excluding carboxylic acids is 2. The Morgan fingerprint density at radius 1 is 1.03 bits per heavy atom. The highest BCUT2D eigenvalue weighted by Crippen LogP contribution is 2.36. The molecule has 0 saturated heterocycles. The van der Waals surface area contributed by atoms with Gasteiger partial charge in [0.2, 0.25) is 0 Å². The molecule has 4 rings (SSSR count). The van der Waals surface area contributed by atoms with E-state index in [1.165, 1.54) is 23.0 Å². The molecule has 2 heterocycles. The largest absolute Gasteiger partial charge is 0.490 e. The highest BCUT2D eigenvalue weighted by molar-refractivity contribution is 7.07. The Balaban J connectivity index is 1.89. The average Bonchev–Trinajstić information content (AvgIpc) is 3.22. The Bertz CT molecular complexity index is 1600. The predicted octanol–water partition coefficient (Wildman–Crippen LogP) is 3.06. The van der Waals surface area contributed by atoms with Gasteiger partial charge in [-0.05, 0) is 57.0 Å². The molecule has 0 amide bonds. The molecular weight excluding hydrogens is 520 g/mol. The molecule has 0 fully saturated rings. The van der Waals surface area contributed by atoms with Crippen LogP contribution in [0.4, 0.5) is 0 Å². The van der Waals surface area contributed by atoms with E-state index in [9.17, 15) is 14.4 Å². The molecule has 0 bridgehead atoms. The maximum Gasteiger partial charge on any atom is 0.343 e. The molecule has 1 aromatic heterocycles. The number of aryl methyl sites for hydroxylation is 1. The van der Waals surface area contributed by atoms with Crippen LogP contribution >= 0.6 is 11.3 Å². The monoisotopic (exact) mass is 550 g/mol. The van der Waals surface area contributed by atoms with Gasteiger partial charge in [-0.1, -0.05) is 47.2 Å². The van der Waals surface area contributed by atoms with E-state index in [2.05, 4.69) is 9.73 Å². The number of fused-ring (bicyclic) bond motifs is 1. The van der Waals surface area contributed by atoms with Gasteiger partial charge >= 0.3 is 11.9 Å². The van der Waals surface area contributed by atoms with Gasteiger partial charge in [-0.3, -0.25) is 9.36 Å². The normalized spacial score (nSPS) is 14.9. The van der Waals surface area contributed by atoms with Crippen LogP contribution in [0, 0.1) is 6.92 Å². The molecule has 10 heteroatoms. The third-order valence-electron chi connectivity index (χ3n) is 6.05. The molecule has 0 radical (unpaired) electrons. The van der Waals surface area contributed by atoms with Crippen LogP contribution in [0.1, 0.15) is 43.5 Å². The molecule has 9 nitrogen and oxygen atoms in total. The lowest BCUT2D eigenvalue weighted by atomic mass is 9.95. The number of thiazole rings is 1. The van der Waals surface area contributed by atoms with Crippen molar-refractivity contribution < 1.29 is 28.5 Å². The summed E-state index contributed by atoms with van der Waals surface area (Å²) in [5, 5.41) is 0. The molecule has 1 atom stereocenters. The van der Waals surface area contributed by atoms with E-state index >= 15 is 0 Å². The Morgan fingerprint density at radius 2 is 1.77 bits per heavy atom. The molecule has 1 aliphatic rings. The number of hydrogen-bond donors (Lipinski definition) is 0. The summed E-state index contributed by atoms with van der Waals surface area (Å²) in [4.78, 5) is 43.6. The van der Waals surface area contributed by atoms with E-state index in [1.807, 2.05) is 44.2 Å². The van der Waals surface area contributed by atoms with Crippen molar-refractivity contribution in [3.63, 3.8) is 0 Å². The van der Waals surface area contributed by atoms with E-state index in [0.717, 1.165) is 11.1 Å². The van der Waals surface area contributed by atoms with Crippen LogP contribution in [0.3, 0.4) is 0 Å². The highest BCUT2D eigenvalue weighted by atomic mass is 32.1. The lowest BCUT2D eigenvalue weighted by Crippen LogP contribution is -2.40. The van der Waals surface area contributed by atoms with Crippen LogP contribution in [0.15, 0.2) is 63.5 Å². The molecule has 3 aromatic rings. The second-order valence-electron chi connectivity index (χ2n) is 8.72. The van der Waals surface area contributed by atoms with Gasteiger partial charge in [0.25, 0.3) is 5.56 Å². The Hall–Kier alpha value is -4.18. The van der Waals surface area contributed by atoms with Crippen molar-refractivity contribution in [1.82, 2.24) is 4.57 Å². The number of hydrogen-bond acceptors (Lipinski definition) is 9. The Morgan fingerprint density at radius 3 is 2.44 bits per heavy atom. The molecule has 1 aliphatic heterocycles. The van der Waals surface area contributed by atoms with Crippen LogP contribution in [0.5, 0.6) is 11.5 Å². The van der Waals surface area contributed by atoms with Crippen LogP contribution in [0.25, 0.3) is 6.08 Å². The molecule has 0 unspecified atom stereocenters. The first-order chi connectivity index (χ1) is 18.8. The average molecular weight is 551 g/mol. The summed E-state index contributed by atoms with van der Waals surface area (Å²) < 4.78 is 23.4. The lowest BCUT2D eigenvalue weighted by Gasteiger charge is -2.25. The minimum atomic E-state index is -0.811. The van der Waals surface area contributed by atoms with Crippen LogP contribution in [-0.2, 0) is 19.1 Å². The summed E-state index contributed by atoms with van der Waals surface area (Å²) in [5.74, 6) is -0.402. The van der Waals surface area contributed by atoms with E-state index in [4.69, 9.17) is 14.2 Å². The number of esters is 2. The first-order valence-electron chi connectivity index (χ1n) is 12.5.